The predicted octanol–water partition coefficient (Wildman–Crippen LogP) is 7.71. The molecule has 0 saturated carbocycles. The summed E-state index contributed by atoms with van der Waals surface area (Å²) in [6, 6.07) is 2.89. The summed E-state index contributed by atoms with van der Waals surface area (Å²) < 4.78 is 152. The van der Waals surface area contributed by atoms with E-state index in [4.69, 9.17) is 4.74 Å². The molecule has 0 radical (unpaired) electrons. The van der Waals surface area contributed by atoms with Crippen molar-refractivity contribution < 1.29 is 52.7 Å². The molecule has 2 aromatic carbocycles. The molecule has 1 aliphatic rings. The molecule has 1 fully saturated rings. The minimum atomic E-state index is -5.13. The van der Waals surface area contributed by atoms with Gasteiger partial charge in [0.2, 0.25) is 5.95 Å². The maximum Gasteiger partial charge on any atom is 0.416 e. The van der Waals surface area contributed by atoms with E-state index in [-0.39, 0.29) is 35.7 Å². The summed E-state index contributed by atoms with van der Waals surface area (Å²) in [5.41, 5.74) is -4.01. The van der Waals surface area contributed by atoms with Crippen LogP contribution in [0.25, 0.3) is 0 Å². The molecule has 0 N–H and O–H groups in total. The van der Waals surface area contributed by atoms with E-state index in [1.807, 2.05) is 4.90 Å². The lowest BCUT2D eigenvalue weighted by molar-refractivity contribution is -0.143. The summed E-state index contributed by atoms with van der Waals surface area (Å²) in [4.78, 5) is 11.4. The van der Waals surface area contributed by atoms with Crippen molar-refractivity contribution in [3.63, 3.8) is 0 Å². The largest absolute Gasteiger partial charge is 0.489 e. The van der Waals surface area contributed by atoms with Crippen LogP contribution in [0.1, 0.15) is 60.0 Å². The zero-order valence-electron chi connectivity index (χ0n) is 25.2. The quantitative estimate of drug-likeness (QED) is 0.201. The number of rotatable bonds is 10. The van der Waals surface area contributed by atoms with Gasteiger partial charge < -0.3 is 14.5 Å². The molecule has 4 rings (SSSR count). The molecular formula is C30H31F9N4O3S. The highest BCUT2D eigenvalue weighted by Gasteiger charge is 2.38. The first-order chi connectivity index (χ1) is 21.7. The maximum atomic E-state index is 13.8. The topological polar surface area (TPSA) is 75.6 Å². The first-order valence-corrected chi connectivity index (χ1v) is 16.4. The van der Waals surface area contributed by atoms with E-state index in [9.17, 15) is 47.9 Å². The third-order valence-corrected chi connectivity index (χ3v) is 8.51. The predicted molar refractivity (Wildman–Crippen MR) is 156 cm³/mol. The minimum Gasteiger partial charge on any atom is -0.489 e. The van der Waals surface area contributed by atoms with Crippen LogP contribution in [0.3, 0.4) is 0 Å². The molecule has 2 heterocycles. The zero-order valence-corrected chi connectivity index (χ0v) is 26.0. The lowest BCUT2D eigenvalue weighted by atomic mass is 9.98. The number of piperidine rings is 1. The number of alkyl halides is 9. The van der Waals surface area contributed by atoms with Crippen LogP contribution < -0.4 is 14.5 Å². The lowest BCUT2D eigenvalue weighted by Gasteiger charge is -2.35. The van der Waals surface area contributed by atoms with Crippen LogP contribution in [0.4, 0.5) is 51.1 Å². The number of aromatic nitrogens is 2. The van der Waals surface area contributed by atoms with E-state index in [0.717, 1.165) is 50.0 Å². The Hall–Kier alpha value is -3.76. The standard InChI is InChI=1S/C30H31F9N4O3S/c1-19(20-12-23(29(34,35)36)15-24(13-20)30(37,38)39)43(27-40-16-25(17-41-27)46-10-11-47(2,44)45)18-21-14-22(28(31,32)33)6-7-26(21)42-8-4-3-5-9-42/h6-7,12-17,19H,3-5,8-11,18H2,1-2H3. The summed E-state index contributed by atoms with van der Waals surface area (Å²) in [7, 11) is -3.37. The van der Waals surface area contributed by atoms with Crippen molar-refractivity contribution in [1.29, 1.82) is 0 Å². The van der Waals surface area contributed by atoms with Gasteiger partial charge in [0.25, 0.3) is 0 Å². The molecule has 1 unspecified atom stereocenters. The second-order valence-corrected chi connectivity index (χ2v) is 13.5. The Labute approximate surface area is 265 Å². The molecule has 1 aromatic heterocycles. The number of benzene rings is 2. The maximum absolute atomic E-state index is 13.8. The molecule has 1 saturated heterocycles. The SMILES string of the molecule is CC(c1cc(C(F)(F)F)cc(C(F)(F)F)c1)N(Cc1cc(C(F)(F)F)ccc1N1CCCCC1)c1ncc(OCCS(C)(=O)=O)cn1. The van der Waals surface area contributed by atoms with Crippen molar-refractivity contribution in [2.75, 3.05) is 41.5 Å². The first kappa shape index (κ1) is 36.1. The van der Waals surface area contributed by atoms with Crippen molar-refractivity contribution in [2.24, 2.45) is 0 Å². The fraction of sp³-hybridized carbons (Fsp3) is 0.467. The van der Waals surface area contributed by atoms with E-state index in [0.29, 0.717) is 30.9 Å². The molecule has 0 aliphatic carbocycles. The van der Waals surface area contributed by atoms with Gasteiger partial charge in [0.1, 0.15) is 6.61 Å². The van der Waals surface area contributed by atoms with Crippen LogP contribution in [-0.2, 0) is 34.9 Å². The Balaban J connectivity index is 1.83. The van der Waals surface area contributed by atoms with E-state index < -0.39 is 63.2 Å². The number of ether oxygens (including phenoxy) is 1. The lowest BCUT2D eigenvalue weighted by Crippen LogP contribution is -2.33. The molecule has 47 heavy (non-hydrogen) atoms. The molecule has 17 heteroatoms. The second kappa shape index (κ2) is 13.8. The molecule has 0 amide bonds. The number of hydrogen-bond acceptors (Lipinski definition) is 7. The van der Waals surface area contributed by atoms with Crippen LogP contribution in [0, 0.1) is 0 Å². The Morgan fingerprint density at radius 2 is 1.38 bits per heavy atom. The van der Waals surface area contributed by atoms with Gasteiger partial charge in [0.05, 0.1) is 40.9 Å². The normalized spacial score (nSPS) is 15.4. The fourth-order valence-electron chi connectivity index (χ4n) is 5.14. The van der Waals surface area contributed by atoms with Crippen LogP contribution in [0.15, 0.2) is 48.8 Å². The molecule has 1 aliphatic heterocycles. The number of hydrogen-bond donors (Lipinski definition) is 0. The van der Waals surface area contributed by atoms with Crippen molar-refractivity contribution in [3.05, 3.63) is 76.6 Å². The van der Waals surface area contributed by atoms with Gasteiger partial charge in [-0.2, -0.15) is 39.5 Å². The highest BCUT2D eigenvalue weighted by molar-refractivity contribution is 7.90. The van der Waals surface area contributed by atoms with Crippen molar-refractivity contribution in [3.8, 4) is 5.75 Å². The zero-order chi connectivity index (χ0) is 34.8. The van der Waals surface area contributed by atoms with Gasteiger partial charge in [0.15, 0.2) is 15.6 Å². The highest BCUT2D eigenvalue weighted by atomic mass is 32.2. The van der Waals surface area contributed by atoms with Crippen LogP contribution in [-0.4, -0.2) is 50.1 Å². The van der Waals surface area contributed by atoms with Crippen LogP contribution >= 0.6 is 0 Å². The molecule has 0 spiro atoms. The second-order valence-electron chi connectivity index (χ2n) is 11.2. The van der Waals surface area contributed by atoms with Crippen molar-refractivity contribution in [2.45, 2.75) is 57.3 Å². The summed E-state index contributed by atoms with van der Waals surface area (Å²) in [6.07, 6.45) is -9.31. The van der Waals surface area contributed by atoms with Gasteiger partial charge in [-0.3, -0.25) is 0 Å². The monoisotopic (exact) mass is 698 g/mol. The van der Waals surface area contributed by atoms with Gasteiger partial charge in [-0.25, -0.2) is 18.4 Å². The fourth-order valence-corrected chi connectivity index (χ4v) is 5.53. The van der Waals surface area contributed by atoms with Gasteiger partial charge >= 0.3 is 18.5 Å². The number of nitrogens with zero attached hydrogens (tertiary/aromatic N) is 4. The van der Waals surface area contributed by atoms with E-state index >= 15 is 0 Å². The molecule has 0 bridgehead atoms. The number of halogens is 9. The summed E-state index contributed by atoms with van der Waals surface area (Å²) in [5.74, 6) is -0.554. The molecule has 3 aromatic rings. The molecule has 7 nitrogen and oxygen atoms in total. The Morgan fingerprint density at radius 3 is 1.89 bits per heavy atom. The third-order valence-electron chi connectivity index (χ3n) is 7.60. The summed E-state index contributed by atoms with van der Waals surface area (Å²) in [5, 5.41) is 0. The highest BCUT2D eigenvalue weighted by Crippen LogP contribution is 2.40. The van der Waals surface area contributed by atoms with Gasteiger partial charge in [-0.05, 0) is 73.7 Å². The molecule has 258 valence electrons. The molecular weight excluding hydrogens is 667 g/mol. The van der Waals surface area contributed by atoms with Crippen molar-refractivity contribution >= 4 is 21.5 Å². The Kier molecular flexibility index (Phi) is 10.6. The van der Waals surface area contributed by atoms with Crippen molar-refractivity contribution in [1.82, 2.24) is 9.97 Å². The first-order valence-electron chi connectivity index (χ1n) is 14.4. The van der Waals surface area contributed by atoms with Crippen LogP contribution in [0.5, 0.6) is 5.75 Å². The van der Waals surface area contributed by atoms with E-state index in [1.165, 1.54) is 17.9 Å². The Morgan fingerprint density at radius 1 is 0.830 bits per heavy atom. The minimum absolute atomic E-state index is 0.0107. The molecule has 1 atom stereocenters. The van der Waals surface area contributed by atoms with E-state index in [1.54, 1.807) is 0 Å². The average Bonchev–Trinajstić information content (AvgIpc) is 2.98. The van der Waals surface area contributed by atoms with E-state index in [2.05, 4.69) is 9.97 Å². The van der Waals surface area contributed by atoms with Gasteiger partial charge in [0, 0.05) is 31.6 Å². The summed E-state index contributed by atoms with van der Waals surface area (Å²) in [6.45, 7) is 1.68. The van der Waals surface area contributed by atoms with Crippen LogP contribution in [0.2, 0.25) is 0 Å². The van der Waals surface area contributed by atoms with Gasteiger partial charge in [-0.1, -0.05) is 0 Å². The third kappa shape index (κ3) is 9.64. The average molecular weight is 699 g/mol. The smallest absolute Gasteiger partial charge is 0.416 e. The number of anilines is 2. The summed E-state index contributed by atoms with van der Waals surface area (Å²) >= 11 is 0. The Bertz CT molecular complexity index is 1610. The number of sulfone groups is 1. The van der Waals surface area contributed by atoms with Gasteiger partial charge in [-0.15, -0.1) is 0 Å².